The van der Waals surface area contributed by atoms with Crippen LogP contribution in [0.1, 0.15) is 19.4 Å². The molecule has 2 aromatic rings. The van der Waals surface area contributed by atoms with Gasteiger partial charge in [-0.2, -0.15) is 0 Å². The van der Waals surface area contributed by atoms with Crippen LogP contribution in [-0.4, -0.2) is 11.0 Å². The first-order chi connectivity index (χ1) is 8.25. The monoisotopic (exact) mass is 226 g/mol. The van der Waals surface area contributed by atoms with Gasteiger partial charge in [0.15, 0.2) is 0 Å². The molecule has 0 spiro atoms. The summed E-state index contributed by atoms with van der Waals surface area (Å²) in [5.41, 5.74) is 3.77. The molecule has 88 valence electrons. The van der Waals surface area contributed by atoms with Gasteiger partial charge in [0.05, 0.1) is 0 Å². The van der Waals surface area contributed by atoms with E-state index in [1.54, 1.807) is 0 Å². The van der Waals surface area contributed by atoms with Crippen LogP contribution in [0.15, 0.2) is 48.8 Å². The molecule has 1 aromatic carbocycles. The van der Waals surface area contributed by atoms with Gasteiger partial charge in [0.25, 0.3) is 0 Å². The Morgan fingerprint density at radius 2 is 1.82 bits per heavy atom. The Labute approximate surface area is 103 Å². The Balaban J connectivity index is 2.17. The minimum absolute atomic E-state index is 0.514. The number of hydrogen-bond donors (Lipinski definition) is 1. The molecule has 2 rings (SSSR count). The lowest BCUT2D eigenvalue weighted by Crippen LogP contribution is -2.21. The Morgan fingerprint density at radius 1 is 1.06 bits per heavy atom. The fourth-order valence-electron chi connectivity index (χ4n) is 1.73. The topological polar surface area (TPSA) is 24.9 Å². The maximum Gasteiger partial charge on any atom is 0.0273 e. The maximum atomic E-state index is 4.04. The van der Waals surface area contributed by atoms with Crippen LogP contribution in [0.2, 0.25) is 0 Å². The third-order valence-electron chi connectivity index (χ3n) is 2.66. The van der Waals surface area contributed by atoms with Crippen LogP contribution in [0.25, 0.3) is 11.1 Å². The zero-order valence-corrected chi connectivity index (χ0v) is 10.4. The minimum atomic E-state index is 0.514. The second-order valence-electron chi connectivity index (χ2n) is 4.47. The Morgan fingerprint density at radius 3 is 2.53 bits per heavy atom. The third-order valence-corrected chi connectivity index (χ3v) is 2.66. The zero-order valence-electron chi connectivity index (χ0n) is 10.4. The van der Waals surface area contributed by atoms with Crippen molar-refractivity contribution in [3.8, 4) is 11.1 Å². The summed E-state index contributed by atoms with van der Waals surface area (Å²) in [5, 5.41) is 3.43. The van der Waals surface area contributed by atoms with Gasteiger partial charge in [0.2, 0.25) is 0 Å². The van der Waals surface area contributed by atoms with E-state index in [2.05, 4.69) is 48.4 Å². The molecule has 0 amide bonds. The highest BCUT2D eigenvalue weighted by atomic mass is 14.9. The van der Waals surface area contributed by atoms with Gasteiger partial charge in [0.1, 0.15) is 0 Å². The molecule has 2 nitrogen and oxygen atoms in total. The molecule has 2 heteroatoms. The van der Waals surface area contributed by atoms with Gasteiger partial charge in [-0.3, -0.25) is 4.98 Å². The predicted molar refractivity (Wildman–Crippen MR) is 71.6 cm³/mol. The van der Waals surface area contributed by atoms with Gasteiger partial charge in [-0.05, 0) is 34.9 Å². The van der Waals surface area contributed by atoms with E-state index in [9.17, 15) is 0 Å². The second kappa shape index (κ2) is 5.60. The van der Waals surface area contributed by atoms with Crippen molar-refractivity contribution in [1.82, 2.24) is 10.3 Å². The zero-order chi connectivity index (χ0) is 12.1. The number of nitrogens with zero attached hydrogens (tertiary/aromatic N) is 1. The Bertz CT molecular complexity index is 463. The highest BCUT2D eigenvalue weighted by Crippen LogP contribution is 2.19. The van der Waals surface area contributed by atoms with E-state index >= 15 is 0 Å². The number of benzene rings is 1. The Kier molecular flexibility index (Phi) is 3.89. The summed E-state index contributed by atoms with van der Waals surface area (Å²) in [6, 6.07) is 13.2. The van der Waals surface area contributed by atoms with E-state index in [0.29, 0.717) is 6.04 Å². The van der Waals surface area contributed by atoms with Crippen LogP contribution in [-0.2, 0) is 6.54 Å². The first kappa shape index (κ1) is 11.8. The Hall–Kier alpha value is -1.67. The van der Waals surface area contributed by atoms with Crippen LogP contribution in [0.4, 0.5) is 0 Å². The highest BCUT2D eigenvalue weighted by molar-refractivity contribution is 5.63. The molecule has 0 fully saturated rings. The van der Waals surface area contributed by atoms with Crippen molar-refractivity contribution >= 4 is 0 Å². The van der Waals surface area contributed by atoms with Crippen molar-refractivity contribution in [1.29, 1.82) is 0 Å². The van der Waals surface area contributed by atoms with Gasteiger partial charge in [0, 0.05) is 25.0 Å². The molecule has 0 radical (unpaired) electrons. The number of rotatable bonds is 4. The molecular weight excluding hydrogens is 208 g/mol. The molecule has 0 unspecified atom stereocenters. The molecule has 0 atom stereocenters. The van der Waals surface area contributed by atoms with Crippen molar-refractivity contribution in [2.24, 2.45) is 0 Å². The molecule has 1 heterocycles. The fraction of sp³-hybridized carbons (Fsp3) is 0.267. The predicted octanol–water partition coefficient (Wildman–Crippen LogP) is 3.25. The van der Waals surface area contributed by atoms with Gasteiger partial charge in [-0.25, -0.2) is 0 Å². The minimum Gasteiger partial charge on any atom is -0.310 e. The molecule has 0 bridgehead atoms. The lowest BCUT2D eigenvalue weighted by molar-refractivity contribution is 0.589. The van der Waals surface area contributed by atoms with Crippen LogP contribution in [0.3, 0.4) is 0 Å². The lowest BCUT2D eigenvalue weighted by Gasteiger charge is -2.09. The third kappa shape index (κ3) is 3.40. The number of aromatic nitrogens is 1. The molecule has 0 aliphatic rings. The molecule has 0 saturated heterocycles. The van der Waals surface area contributed by atoms with E-state index in [1.165, 1.54) is 16.7 Å². The van der Waals surface area contributed by atoms with E-state index in [0.717, 1.165) is 6.54 Å². The summed E-state index contributed by atoms with van der Waals surface area (Å²) in [7, 11) is 0. The van der Waals surface area contributed by atoms with Crippen molar-refractivity contribution in [3.05, 3.63) is 54.4 Å². The number of pyridine rings is 1. The lowest BCUT2D eigenvalue weighted by atomic mass is 10.0. The van der Waals surface area contributed by atoms with Crippen molar-refractivity contribution < 1.29 is 0 Å². The summed E-state index contributed by atoms with van der Waals surface area (Å²) in [6.45, 7) is 5.23. The average molecular weight is 226 g/mol. The van der Waals surface area contributed by atoms with E-state index in [4.69, 9.17) is 0 Å². The van der Waals surface area contributed by atoms with E-state index in [1.807, 2.05) is 24.5 Å². The van der Waals surface area contributed by atoms with Crippen molar-refractivity contribution in [3.63, 3.8) is 0 Å². The largest absolute Gasteiger partial charge is 0.310 e. The molecule has 0 aliphatic heterocycles. The SMILES string of the molecule is CC(C)NCc1cccc(-c2ccncc2)c1. The highest BCUT2D eigenvalue weighted by Gasteiger charge is 1.99. The molecule has 17 heavy (non-hydrogen) atoms. The number of nitrogens with one attached hydrogen (secondary N) is 1. The summed E-state index contributed by atoms with van der Waals surface area (Å²) >= 11 is 0. The van der Waals surface area contributed by atoms with E-state index in [-0.39, 0.29) is 0 Å². The first-order valence-electron chi connectivity index (χ1n) is 5.98. The smallest absolute Gasteiger partial charge is 0.0273 e. The summed E-state index contributed by atoms with van der Waals surface area (Å²) < 4.78 is 0. The quantitative estimate of drug-likeness (QED) is 0.865. The molecular formula is C15H18N2. The molecule has 0 aliphatic carbocycles. The van der Waals surface area contributed by atoms with Crippen molar-refractivity contribution in [2.75, 3.05) is 0 Å². The normalized spacial score (nSPS) is 10.8. The summed E-state index contributed by atoms with van der Waals surface area (Å²) in [6.07, 6.45) is 3.66. The van der Waals surface area contributed by atoms with Crippen LogP contribution < -0.4 is 5.32 Å². The number of hydrogen-bond acceptors (Lipinski definition) is 2. The van der Waals surface area contributed by atoms with Crippen LogP contribution in [0.5, 0.6) is 0 Å². The summed E-state index contributed by atoms with van der Waals surface area (Å²) in [5.74, 6) is 0. The van der Waals surface area contributed by atoms with E-state index < -0.39 is 0 Å². The standard InChI is InChI=1S/C15H18N2/c1-12(2)17-11-13-4-3-5-15(10-13)14-6-8-16-9-7-14/h3-10,12,17H,11H2,1-2H3. The molecule has 0 saturated carbocycles. The average Bonchev–Trinajstić information content (AvgIpc) is 2.38. The first-order valence-corrected chi connectivity index (χ1v) is 5.98. The second-order valence-corrected chi connectivity index (χ2v) is 4.47. The van der Waals surface area contributed by atoms with Gasteiger partial charge < -0.3 is 5.32 Å². The summed E-state index contributed by atoms with van der Waals surface area (Å²) in [4.78, 5) is 4.04. The fourth-order valence-corrected chi connectivity index (χ4v) is 1.73. The van der Waals surface area contributed by atoms with Crippen molar-refractivity contribution in [2.45, 2.75) is 26.4 Å². The van der Waals surface area contributed by atoms with Gasteiger partial charge in [-0.15, -0.1) is 0 Å². The van der Waals surface area contributed by atoms with Crippen LogP contribution in [0, 0.1) is 0 Å². The molecule has 1 N–H and O–H groups in total. The van der Waals surface area contributed by atoms with Crippen LogP contribution >= 0.6 is 0 Å². The molecule has 1 aromatic heterocycles. The van der Waals surface area contributed by atoms with Gasteiger partial charge in [-0.1, -0.05) is 32.0 Å². The van der Waals surface area contributed by atoms with Gasteiger partial charge >= 0.3 is 0 Å². The maximum absolute atomic E-state index is 4.04.